The number of halogens is 1. The summed E-state index contributed by atoms with van der Waals surface area (Å²) in [5, 5.41) is -0.430. The molecular weight excluding hydrogens is 200 g/mol. The smallest absolute Gasteiger partial charge is 0.254 e. The molecule has 0 bridgehead atoms. The molecule has 3 nitrogen and oxygen atoms in total. The molecule has 1 aliphatic rings. The van der Waals surface area contributed by atoms with Crippen molar-refractivity contribution in [3.05, 3.63) is 29.8 Å². The summed E-state index contributed by atoms with van der Waals surface area (Å²) in [5.41, 5.74) is 1.36. The highest BCUT2D eigenvalue weighted by Crippen LogP contribution is 2.22. The molecule has 0 saturated carbocycles. The van der Waals surface area contributed by atoms with Gasteiger partial charge in [0.1, 0.15) is 0 Å². The van der Waals surface area contributed by atoms with Crippen LogP contribution in [0, 0.1) is 0 Å². The molecule has 0 saturated heterocycles. The largest absolute Gasteiger partial charge is 0.330 e. The number of carbonyl (C=O) groups is 1. The predicted octanol–water partition coefficient (Wildman–Crippen LogP) is 1.91. The van der Waals surface area contributed by atoms with E-state index in [4.69, 9.17) is 11.6 Å². The van der Waals surface area contributed by atoms with Crippen LogP contribution in [0.3, 0.4) is 0 Å². The normalized spacial score (nSPS) is 14.8. The van der Waals surface area contributed by atoms with E-state index in [2.05, 4.69) is 4.99 Å². The second kappa shape index (κ2) is 3.80. The van der Waals surface area contributed by atoms with Crippen LogP contribution in [0.15, 0.2) is 29.3 Å². The molecule has 1 aromatic carbocycles. The van der Waals surface area contributed by atoms with Gasteiger partial charge in [-0.2, -0.15) is 0 Å². The van der Waals surface area contributed by atoms with Crippen molar-refractivity contribution in [2.24, 2.45) is 4.99 Å². The molecule has 1 heterocycles. The van der Waals surface area contributed by atoms with Crippen LogP contribution in [-0.2, 0) is 0 Å². The SMILES string of the molecule is O=C(Cl)c1ccccc1N1C=NCC1. The minimum absolute atomic E-state index is 0.430. The van der Waals surface area contributed by atoms with Gasteiger partial charge < -0.3 is 4.90 Å². The number of nitrogens with zero attached hydrogens (tertiary/aromatic N) is 2. The quantitative estimate of drug-likeness (QED) is 0.696. The molecule has 0 N–H and O–H groups in total. The summed E-state index contributed by atoms with van der Waals surface area (Å²) < 4.78 is 0. The zero-order valence-corrected chi connectivity index (χ0v) is 8.24. The minimum atomic E-state index is -0.430. The highest BCUT2D eigenvalue weighted by Gasteiger charge is 2.15. The monoisotopic (exact) mass is 208 g/mol. The van der Waals surface area contributed by atoms with Gasteiger partial charge in [-0.05, 0) is 23.7 Å². The van der Waals surface area contributed by atoms with Crippen molar-refractivity contribution in [1.29, 1.82) is 0 Å². The molecule has 1 aromatic rings. The molecule has 0 fully saturated rings. The van der Waals surface area contributed by atoms with Crippen molar-refractivity contribution < 1.29 is 4.79 Å². The molecule has 2 rings (SSSR count). The molecule has 14 heavy (non-hydrogen) atoms. The molecular formula is C10H9ClN2O. The van der Waals surface area contributed by atoms with Crippen LogP contribution < -0.4 is 4.90 Å². The number of rotatable bonds is 2. The number of hydrogen-bond acceptors (Lipinski definition) is 3. The first-order chi connectivity index (χ1) is 6.79. The van der Waals surface area contributed by atoms with Crippen molar-refractivity contribution in [3.63, 3.8) is 0 Å². The summed E-state index contributed by atoms with van der Waals surface area (Å²) in [6.45, 7) is 1.58. The Morgan fingerprint density at radius 1 is 1.43 bits per heavy atom. The van der Waals surface area contributed by atoms with Crippen molar-refractivity contribution in [2.75, 3.05) is 18.0 Å². The fourth-order valence-electron chi connectivity index (χ4n) is 1.45. The van der Waals surface area contributed by atoms with Crippen LogP contribution in [0.25, 0.3) is 0 Å². The summed E-state index contributed by atoms with van der Waals surface area (Å²) in [6, 6.07) is 7.26. The third-order valence-corrected chi connectivity index (χ3v) is 2.32. The molecule has 0 spiro atoms. The number of carbonyl (C=O) groups excluding carboxylic acids is 1. The summed E-state index contributed by atoms with van der Waals surface area (Å²) in [7, 11) is 0. The standard InChI is InChI=1S/C10H9ClN2O/c11-10(14)8-3-1-2-4-9(8)13-6-5-12-7-13/h1-4,7H,5-6H2. The Kier molecular flexibility index (Phi) is 2.50. The Bertz CT molecular complexity index is 389. The maximum absolute atomic E-state index is 11.1. The van der Waals surface area contributed by atoms with Gasteiger partial charge in [0.05, 0.1) is 24.1 Å². The Balaban J connectivity index is 2.40. The highest BCUT2D eigenvalue weighted by atomic mass is 35.5. The Morgan fingerprint density at radius 3 is 2.86 bits per heavy atom. The molecule has 4 heteroatoms. The summed E-state index contributed by atoms with van der Waals surface area (Å²) in [5.74, 6) is 0. The fraction of sp³-hybridized carbons (Fsp3) is 0.200. The number of hydrogen-bond donors (Lipinski definition) is 0. The van der Waals surface area contributed by atoms with Gasteiger partial charge in [0, 0.05) is 6.54 Å². The van der Waals surface area contributed by atoms with E-state index in [0.29, 0.717) is 5.56 Å². The average Bonchev–Trinajstić information content (AvgIpc) is 2.70. The van der Waals surface area contributed by atoms with Crippen LogP contribution in [-0.4, -0.2) is 24.7 Å². The third kappa shape index (κ3) is 1.63. The molecule has 0 radical (unpaired) electrons. The van der Waals surface area contributed by atoms with Crippen LogP contribution >= 0.6 is 11.6 Å². The molecule has 72 valence electrons. The molecule has 0 atom stereocenters. The average molecular weight is 209 g/mol. The predicted molar refractivity (Wildman–Crippen MR) is 57.3 cm³/mol. The van der Waals surface area contributed by atoms with E-state index in [1.807, 2.05) is 17.0 Å². The van der Waals surface area contributed by atoms with Gasteiger partial charge in [-0.15, -0.1) is 0 Å². The molecule has 1 aliphatic heterocycles. The number of para-hydroxylation sites is 1. The zero-order chi connectivity index (χ0) is 9.97. The van der Waals surface area contributed by atoms with E-state index in [1.165, 1.54) is 0 Å². The second-order valence-corrected chi connectivity index (χ2v) is 3.35. The van der Waals surface area contributed by atoms with Crippen molar-refractivity contribution >= 4 is 28.9 Å². The number of aliphatic imine (C=N–C) groups is 1. The summed E-state index contributed by atoms with van der Waals surface area (Å²) in [6.07, 6.45) is 1.73. The Hall–Kier alpha value is -1.35. The van der Waals surface area contributed by atoms with E-state index in [0.717, 1.165) is 18.8 Å². The topological polar surface area (TPSA) is 32.7 Å². The van der Waals surface area contributed by atoms with Gasteiger partial charge in [-0.3, -0.25) is 9.79 Å². The third-order valence-electron chi connectivity index (χ3n) is 2.12. The van der Waals surface area contributed by atoms with Crippen molar-refractivity contribution in [1.82, 2.24) is 0 Å². The number of benzene rings is 1. The van der Waals surface area contributed by atoms with Crippen LogP contribution in [0.2, 0.25) is 0 Å². The van der Waals surface area contributed by atoms with E-state index in [9.17, 15) is 4.79 Å². The maximum Gasteiger partial charge on any atom is 0.254 e. The van der Waals surface area contributed by atoms with Gasteiger partial charge >= 0.3 is 0 Å². The second-order valence-electron chi connectivity index (χ2n) is 3.01. The van der Waals surface area contributed by atoms with Gasteiger partial charge in [-0.1, -0.05) is 12.1 Å². The van der Waals surface area contributed by atoms with Gasteiger partial charge in [0.25, 0.3) is 5.24 Å². The molecule has 0 aliphatic carbocycles. The lowest BCUT2D eigenvalue weighted by atomic mass is 10.2. The Labute approximate surface area is 87.0 Å². The van der Waals surface area contributed by atoms with Gasteiger partial charge in [0.2, 0.25) is 0 Å². The first kappa shape index (κ1) is 9.21. The first-order valence-corrected chi connectivity index (χ1v) is 4.72. The lowest BCUT2D eigenvalue weighted by Crippen LogP contribution is -2.20. The highest BCUT2D eigenvalue weighted by molar-refractivity contribution is 6.68. The van der Waals surface area contributed by atoms with Gasteiger partial charge in [-0.25, -0.2) is 0 Å². The fourth-order valence-corrected chi connectivity index (χ4v) is 1.61. The van der Waals surface area contributed by atoms with E-state index >= 15 is 0 Å². The Morgan fingerprint density at radius 2 is 2.21 bits per heavy atom. The van der Waals surface area contributed by atoms with Crippen LogP contribution in [0.4, 0.5) is 5.69 Å². The zero-order valence-electron chi connectivity index (χ0n) is 7.48. The summed E-state index contributed by atoms with van der Waals surface area (Å²) >= 11 is 5.48. The van der Waals surface area contributed by atoms with Crippen molar-refractivity contribution in [3.8, 4) is 0 Å². The lowest BCUT2D eigenvalue weighted by Gasteiger charge is -2.16. The van der Waals surface area contributed by atoms with Gasteiger partial charge in [0.15, 0.2) is 0 Å². The molecule has 0 aromatic heterocycles. The summed E-state index contributed by atoms with van der Waals surface area (Å²) in [4.78, 5) is 17.1. The lowest BCUT2D eigenvalue weighted by molar-refractivity contribution is 0.108. The van der Waals surface area contributed by atoms with E-state index in [-0.39, 0.29) is 0 Å². The van der Waals surface area contributed by atoms with Crippen molar-refractivity contribution in [2.45, 2.75) is 0 Å². The molecule has 0 unspecified atom stereocenters. The minimum Gasteiger partial charge on any atom is -0.330 e. The van der Waals surface area contributed by atoms with E-state index < -0.39 is 5.24 Å². The van der Waals surface area contributed by atoms with Crippen LogP contribution in [0.1, 0.15) is 10.4 Å². The maximum atomic E-state index is 11.1. The van der Waals surface area contributed by atoms with E-state index in [1.54, 1.807) is 18.5 Å². The first-order valence-electron chi connectivity index (χ1n) is 4.34. The number of anilines is 1. The molecule has 0 amide bonds. The van der Waals surface area contributed by atoms with Crippen LogP contribution in [0.5, 0.6) is 0 Å².